The standard InChI is InChI=1S/C23H28/c1-2-19-13-3-12-4-14(6-13)22(20(19)5-12)21-15-7-17-9-18-8-16(21)11-23(17,18)10-15/h2-3,12,14-20H,1,4-11H2. The highest BCUT2D eigenvalue weighted by atomic mass is 14.7. The van der Waals surface area contributed by atoms with Gasteiger partial charge < -0.3 is 0 Å². The summed E-state index contributed by atoms with van der Waals surface area (Å²) in [5, 5.41) is 0. The maximum atomic E-state index is 4.24. The first-order valence-electron chi connectivity index (χ1n) is 10.3. The largest absolute Gasteiger partial charge is 0.102 e. The summed E-state index contributed by atoms with van der Waals surface area (Å²) in [4.78, 5) is 0. The number of fused-ring (bicyclic) bond motifs is 2. The Labute approximate surface area is 140 Å². The molecule has 7 bridgehead atoms. The summed E-state index contributed by atoms with van der Waals surface area (Å²) in [7, 11) is 0. The van der Waals surface area contributed by atoms with E-state index in [1.807, 2.05) is 5.57 Å². The topological polar surface area (TPSA) is 0 Å². The van der Waals surface area contributed by atoms with E-state index in [0.717, 1.165) is 46.8 Å². The van der Waals surface area contributed by atoms with Gasteiger partial charge >= 0.3 is 0 Å². The minimum absolute atomic E-state index is 0.703. The van der Waals surface area contributed by atoms with Crippen molar-refractivity contribution in [3.05, 3.63) is 35.5 Å². The van der Waals surface area contributed by atoms with E-state index in [9.17, 15) is 0 Å². The van der Waals surface area contributed by atoms with Crippen LogP contribution in [0.25, 0.3) is 0 Å². The van der Waals surface area contributed by atoms with Crippen LogP contribution in [-0.2, 0) is 0 Å². The highest BCUT2D eigenvalue weighted by Crippen LogP contribution is 2.77. The van der Waals surface area contributed by atoms with Gasteiger partial charge in [0.15, 0.2) is 0 Å². The van der Waals surface area contributed by atoms with Crippen molar-refractivity contribution < 1.29 is 0 Å². The third kappa shape index (κ3) is 1.25. The molecular formula is C23H28. The molecule has 8 unspecified atom stereocenters. The number of rotatable bonds is 1. The van der Waals surface area contributed by atoms with E-state index < -0.39 is 0 Å². The van der Waals surface area contributed by atoms with Crippen molar-refractivity contribution in [3.8, 4) is 0 Å². The predicted octanol–water partition coefficient (Wildman–Crippen LogP) is 5.53. The van der Waals surface area contributed by atoms with Crippen molar-refractivity contribution in [2.75, 3.05) is 0 Å². The molecular weight excluding hydrogens is 276 g/mol. The van der Waals surface area contributed by atoms with E-state index in [1.165, 1.54) is 19.3 Å². The lowest BCUT2D eigenvalue weighted by atomic mass is 9.52. The van der Waals surface area contributed by atoms with Crippen molar-refractivity contribution >= 4 is 0 Å². The van der Waals surface area contributed by atoms with Crippen LogP contribution >= 0.6 is 0 Å². The maximum Gasteiger partial charge on any atom is 0.00403 e. The second-order valence-corrected chi connectivity index (χ2v) is 10.3. The lowest BCUT2D eigenvalue weighted by Crippen LogP contribution is -2.42. The Hall–Kier alpha value is -0.780. The van der Waals surface area contributed by atoms with Crippen LogP contribution in [-0.4, -0.2) is 0 Å². The van der Waals surface area contributed by atoms with Crippen molar-refractivity contribution in [2.45, 2.75) is 51.4 Å². The lowest BCUT2D eigenvalue weighted by molar-refractivity contribution is 0.00171. The summed E-state index contributed by atoms with van der Waals surface area (Å²) in [6.07, 6.45) is 17.2. The summed E-state index contributed by atoms with van der Waals surface area (Å²) < 4.78 is 0. The maximum absolute atomic E-state index is 4.24. The summed E-state index contributed by atoms with van der Waals surface area (Å²) >= 11 is 0. The van der Waals surface area contributed by atoms with Gasteiger partial charge in [-0.2, -0.15) is 0 Å². The lowest BCUT2D eigenvalue weighted by Gasteiger charge is -2.53. The fourth-order valence-electron chi connectivity index (χ4n) is 9.39. The Balaban J connectivity index is 1.41. The zero-order valence-electron chi connectivity index (χ0n) is 14.1. The van der Waals surface area contributed by atoms with Crippen LogP contribution in [0.2, 0.25) is 0 Å². The molecule has 6 fully saturated rings. The van der Waals surface area contributed by atoms with Gasteiger partial charge in [-0.3, -0.25) is 0 Å². The smallest absolute Gasteiger partial charge is 0.00403 e. The number of allylic oxidation sites excluding steroid dienone is 5. The quantitative estimate of drug-likeness (QED) is 0.559. The van der Waals surface area contributed by atoms with Crippen LogP contribution in [0.3, 0.4) is 0 Å². The molecule has 8 atom stereocenters. The monoisotopic (exact) mass is 304 g/mol. The number of hydrogen-bond acceptors (Lipinski definition) is 0. The molecule has 0 heteroatoms. The highest BCUT2D eigenvalue weighted by molar-refractivity contribution is 5.43. The summed E-state index contributed by atoms with van der Waals surface area (Å²) in [5.41, 5.74) is 6.72. The van der Waals surface area contributed by atoms with Gasteiger partial charge in [-0.25, -0.2) is 0 Å². The van der Waals surface area contributed by atoms with Gasteiger partial charge in [0.05, 0.1) is 0 Å². The van der Waals surface area contributed by atoms with E-state index in [0.29, 0.717) is 5.92 Å². The SMILES string of the molecule is C=CC1C2=CC3CC(C2)C(=C2C4CC5CC6CC2CC56C4)C1C3. The Morgan fingerprint density at radius 1 is 0.913 bits per heavy atom. The molecule has 6 saturated carbocycles. The minimum Gasteiger partial charge on any atom is -0.102 e. The van der Waals surface area contributed by atoms with Gasteiger partial charge in [-0.1, -0.05) is 28.9 Å². The normalized spacial score (nSPS) is 60.1. The van der Waals surface area contributed by atoms with Crippen molar-refractivity contribution in [1.29, 1.82) is 0 Å². The third-order valence-corrected chi connectivity index (χ3v) is 9.83. The second-order valence-electron chi connectivity index (χ2n) is 10.3. The second kappa shape index (κ2) is 3.73. The molecule has 0 saturated heterocycles. The summed E-state index contributed by atoms with van der Waals surface area (Å²) in [5.74, 6) is 7.72. The average Bonchev–Trinajstić information content (AvgIpc) is 2.90. The molecule has 1 spiro atoms. The molecule has 0 N–H and O–H groups in total. The van der Waals surface area contributed by atoms with Crippen molar-refractivity contribution in [1.82, 2.24) is 0 Å². The van der Waals surface area contributed by atoms with Gasteiger partial charge in [0, 0.05) is 5.92 Å². The highest BCUT2D eigenvalue weighted by Gasteiger charge is 2.68. The number of hydrogen-bond donors (Lipinski definition) is 0. The van der Waals surface area contributed by atoms with Crippen LogP contribution in [0.5, 0.6) is 0 Å². The molecule has 120 valence electrons. The van der Waals surface area contributed by atoms with Gasteiger partial charge in [0.1, 0.15) is 0 Å². The van der Waals surface area contributed by atoms with Crippen LogP contribution in [0, 0.1) is 52.8 Å². The van der Waals surface area contributed by atoms with E-state index >= 15 is 0 Å². The summed E-state index contributed by atoms with van der Waals surface area (Å²) in [6, 6.07) is 0. The fraction of sp³-hybridized carbons (Fsp3) is 0.739. The Morgan fingerprint density at radius 2 is 1.70 bits per heavy atom. The fourth-order valence-corrected chi connectivity index (χ4v) is 9.39. The first-order chi connectivity index (χ1) is 11.3. The molecule has 0 aromatic heterocycles. The molecule has 0 heterocycles. The van der Waals surface area contributed by atoms with Crippen molar-refractivity contribution in [2.24, 2.45) is 52.8 Å². The van der Waals surface area contributed by atoms with E-state index in [1.54, 1.807) is 37.7 Å². The minimum atomic E-state index is 0.703. The molecule has 23 heavy (non-hydrogen) atoms. The van der Waals surface area contributed by atoms with E-state index in [4.69, 9.17) is 0 Å². The molecule has 0 radical (unpaired) electrons. The molecule has 0 amide bonds. The van der Waals surface area contributed by atoms with E-state index in [-0.39, 0.29) is 0 Å². The van der Waals surface area contributed by atoms with Crippen LogP contribution in [0.15, 0.2) is 35.5 Å². The summed E-state index contributed by atoms with van der Waals surface area (Å²) in [6.45, 7) is 4.24. The van der Waals surface area contributed by atoms with Crippen LogP contribution in [0.4, 0.5) is 0 Å². The Morgan fingerprint density at radius 3 is 2.43 bits per heavy atom. The zero-order chi connectivity index (χ0) is 14.9. The first-order valence-corrected chi connectivity index (χ1v) is 10.3. The molecule has 0 aliphatic heterocycles. The molecule has 0 aromatic rings. The van der Waals surface area contributed by atoms with Crippen molar-refractivity contribution in [3.63, 3.8) is 0 Å². The predicted molar refractivity (Wildman–Crippen MR) is 92.6 cm³/mol. The Kier molecular flexibility index (Phi) is 2.04. The molecule has 8 rings (SSSR count). The Bertz CT molecular complexity index is 665. The molecule has 8 aliphatic carbocycles. The third-order valence-electron chi connectivity index (χ3n) is 9.83. The molecule has 0 nitrogen and oxygen atoms in total. The van der Waals surface area contributed by atoms with Gasteiger partial charge in [-0.15, -0.1) is 6.58 Å². The van der Waals surface area contributed by atoms with Crippen LogP contribution < -0.4 is 0 Å². The van der Waals surface area contributed by atoms with E-state index in [2.05, 4.69) is 24.3 Å². The van der Waals surface area contributed by atoms with Gasteiger partial charge in [0.25, 0.3) is 0 Å². The zero-order valence-corrected chi connectivity index (χ0v) is 14.1. The molecule has 0 aromatic carbocycles. The molecule has 8 aliphatic rings. The van der Waals surface area contributed by atoms with Gasteiger partial charge in [-0.05, 0) is 98.2 Å². The van der Waals surface area contributed by atoms with Gasteiger partial charge in [0.2, 0.25) is 0 Å². The first kappa shape index (κ1) is 12.6. The average molecular weight is 304 g/mol. The van der Waals surface area contributed by atoms with Crippen LogP contribution in [0.1, 0.15) is 51.4 Å².